The fraction of sp³-hybridized carbons (Fsp3) is 0.273. The third kappa shape index (κ3) is 3.78. The Bertz CT molecular complexity index is 967. The maximum atomic E-state index is 13.1. The van der Waals surface area contributed by atoms with Gasteiger partial charge in [-0.25, -0.2) is 4.99 Å². The van der Waals surface area contributed by atoms with E-state index in [0.29, 0.717) is 23.1 Å². The van der Waals surface area contributed by atoms with E-state index in [1.54, 1.807) is 4.90 Å². The molecule has 2 aromatic carbocycles. The van der Waals surface area contributed by atoms with E-state index in [1.807, 2.05) is 55.5 Å². The zero-order valence-electron chi connectivity index (χ0n) is 16.1. The molecule has 0 atom stereocenters. The number of amides is 1. The molecule has 2 aliphatic heterocycles. The van der Waals surface area contributed by atoms with E-state index in [1.165, 1.54) is 11.8 Å². The maximum Gasteiger partial charge on any atom is 0.266 e. The molecular formula is C22H22N2O3S. The van der Waals surface area contributed by atoms with Gasteiger partial charge in [0.1, 0.15) is 0 Å². The standard InChI is InChI=1S/C22H22N2O3S/c1-14(2)12-24-21(25)20(28-22(24)23-17-7-5-4-6-8-17)11-16-10-19-18(9-15(16)3)26-13-27-19/h4-11,14H,12-13H2,1-3H3/b20-11+,23-22?. The number of carbonyl (C=O) groups excluding carboxylic acids is 1. The Kier molecular flexibility index (Phi) is 5.13. The molecule has 144 valence electrons. The second-order valence-corrected chi connectivity index (χ2v) is 8.22. The molecule has 2 aromatic rings. The lowest BCUT2D eigenvalue weighted by Gasteiger charge is -2.17. The summed E-state index contributed by atoms with van der Waals surface area (Å²) in [7, 11) is 0. The van der Waals surface area contributed by atoms with E-state index in [0.717, 1.165) is 27.7 Å². The first-order chi connectivity index (χ1) is 13.5. The van der Waals surface area contributed by atoms with Gasteiger partial charge in [-0.15, -0.1) is 0 Å². The van der Waals surface area contributed by atoms with Gasteiger partial charge in [-0.3, -0.25) is 9.69 Å². The van der Waals surface area contributed by atoms with Crippen LogP contribution >= 0.6 is 11.8 Å². The molecule has 0 N–H and O–H groups in total. The minimum atomic E-state index is -0.00884. The molecule has 2 heterocycles. The van der Waals surface area contributed by atoms with Crippen LogP contribution in [0.2, 0.25) is 0 Å². The summed E-state index contributed by atoms with van der Waals surface area (Å²) in [6, 6.07) is 13.6. The number of aryl methyl sites for hydroxylation is 1. The van der Waals surface area contributed by atoms with E-state index < -0.39 is 0 Å². The highest BCUT2D eigenvalue weighted by molar-refractivity contribution is 8.18. The van der Waals surface area contributed by atoms with Crippen LogP contribution in [0.15, 0.2) is 52.4 Å². The molecule has 1 saturated heterocycles. The molecule has 0 bridgehead atoms. The van der Waals surface area contributed by atoms with E-state index in [-0.39, 0.29) is 12.7 Å². The summed E-state index contributed by atoms with van der Waals surface area (Å²) in [5.41, 5.74) is 2.83. The van der Waals surface area contributed by atoms with Crippen LogP contribution < -0.4 is 9.47 Å². The third-order valence-corrected chi connectivity index (χ3v) is 5.47. The Morgan fingerprint density at radius 1 is 1.18 bits per heavy atom. The molecule has 2 aliphatic rings. The van der Waals surface area contributed by atoms with Crippen molar-refractivity contribution in [1.29, 1.82) is 0 Å². The van der Waals surface area contributed by atoms with Crippen LogP contribution in [0, 0.1) is 12.8 Å². The van der Waals surface area contributed by atoms with E-state index in [2.05, 4.69) is 13.8 Å². The summed E-state index contributed by atoms with van der Waals surface area (Å²) in [6.45, 7) is 7.07. The van der Waals surface area contributed by atoms with E-state index in [4.69, 9.17) is 14.5 Å². The van der Waals surface area contributed by atoms with Gasteiger partial charge in [0.05, 0.1) is 10.6 Å². The van der Waals surface area contributed by atoms with Crippen LogP contribution in [0.4, 0.5) is 5.69 Å². The lowest BCUT2D eigenvalue weighted by atomic mass is 10.1. The Morgan fingerprint density at radius 3 is 2.61 bits per heavy atom. The van der Waals surface area contributed by atoms with Gasteiger partial charge in [0.2, 0.25) is 6.79 Å². The highest BCUT2D eigenvalue weighted by atomic mass is 32.2. The number of hydrogen-bond donors (Lipinski definition) is 0. The minimum absolute atomic E-state index is 0.00884. The van der Waals surface area contributed by atoms with Gasteiger partial charge in [0.25, 0.3) is 5.91 Å². The predicted octanol–water partition coefficient (Wildman–Crippen LogP) is 4.98. The monoisotopic (exact) mass is 394 g/mol. The number of carbonyl (C=O) groups is 1. The summed E-state index contributed by atoms with van der Waals surface area (Å²) >= 11 is 1.42. The van der Waals surface area contributed by atoms with Crippen molar-refractivity contribution in [2.45, 2.75) is 20.8 Å². The first-order valence-corrected chi connectivity index (χ1v) is 10.1. The van der Waals surface area contributed by atoms with Crippen LogP contribution in [-0.2, 0) is 4.79 Å². The zero-order chi connectivity index (χ0) is 19.7. The van der Waals surface area contributed by atoms with Crippen molar-refractivity contribution in [3.8, 4) is 11.5 Å². The number of thioether (sulfide) groups is 1. The summed E-state index contributed by atoms with van der Waals surface area (Å²) in [5.74, 6) is 1.80. The maximum absolute atomic E-state index is 13.1. The average Bonchev–Trinajstić information content (AvgIpc) is 3.22. The highest BCUT2D eigenvalue weighted by Crippen LogP contribution is 2.38. The molecule has 6 heteroatoms. The number of benzene rings is 2. The normalized spacial score (nSPS) is 18.7. The largest absolute Gasteiger partial charge is 0.454 e. The topological polar surface area (TPSA) is 51.1 Å². The molecule has 0 aliphatic carbocycles. The number of nitrogens with zero attached hydrogens (tertiary/aromatic N) is 2. The molecule has 0 unspecified atom stereocenters. The first kappa shape index (κ1) is 18.6. The summed E-state index contributed by atoms with van der Waals surface area (Å²) in [4.78, 5) is 20.2. The van der Waals surface area contributed by atoms with Crippen LogP contribution in [0.25, 0.3) is 6.08 Å². The quantitative estimate of drug-likeness (QED) is 0.686. The second-order valence-electron chi connectivity index (χ2n) is 7.21. The van der Waals surface area contributed by atoms with Gasteiger partial charge in [0, 0.05) is 6.54 Å². The van der Waals surface area contributed by atoms with Gasteiger partial charge >= 0.3 is 0 Å². The molecule has 5 nitrogen and oxygen atoms in total. The summed E-state index contributed by atoms with van der Waals surface area (Å²) < 4.78 is 10.9. The second kappa shape index (κ2) is 7.72. The van der Waals surface area contributed by atoms with Crippen LogP contribution in [0.3, 0.4) is 0 Å². The van der Waals surface area contributed by atoms with Gasteiger partial charge in [-0.2, -0.15) is 0 Å². The molecule has 4 rings (SSSR count). The SMILES string of the molecule is Cc1cc2c(cc1/C=C1/SC(=Nc3ccccc3)N(CC(C)C)C1=O)OCO2. The van der Waals surface area contributed by atoms with Crippen molar-refractivity contribution in [3.05, 3.63) is 58.5 Å². The highest BCUT2D eigenvalue weighted by Gasteiger charge is 2.34. The lowest BCUT2D eigenvalue weighted by Crippen LogP contribution is -2.32. The van der Waals surface area contributed by atoms with Crippen molar-refractivity contribution in [3.63, 3.8) is 0 Å². The molecule has 0 spiro atoms. The van der Waals surface area contributed by atoms with E-state index in [9.17, 15) is 4.79 Å². The van der Waals surface area contributed by atoms with Gasteiger partial charge in [-0.05, 0) is 66.1 Å². The number of ether oxygens (including phenoxy) is 2. The van der Waals surface area contributed by atoms with Crippen LogP contribution in [0.1, 0.15) is 25.0 Å². The van der Waals surface area contributed by atoms with Gasteiger partial charge < -0.3 is 9.47 Å². The fourth-order valence-electron chi connectivity index (χ4n) is 3.09. The summed E-state index contributed by atoms with van der Waals surface area (Å²) in [5, 5.41) is 0.717. The Morgan fingerprint density at radius 2 is 1.89 bits per heavy atom. The predicted molar refractivity (Wildman–Crippen MR) is 113 cm³/mol. The first-order valence-electron chi connectivity index (χ1n) is 9.26. The molecule has 0 aromatic heterocycles. The van der Waals surface area contributed by atoms with Crippen LogP contribution in [0.5, 0.6) is 11.5 Å². The van der Waals surface area contributed by atoms with Crippen LogP contribution in [-0.4, -0.2) is 29.3 Å². The Balaban J connectivity index is 1.69. The Labute approximate surface area is 169 Å². The fourth-order valence-corrected chi connectivity index (χ4v) is 4.09. The number of para-hydroxylation sites is 1. The van der Waals surface area contributed by atoms with Crippen molar-refractivity contribution in [2.75, 3.05) is 13.3 Å². The average molecular weight is 394 g/mol. The van der Waals surface area contributed by atoms with Crippen molar-refractivity contribution in [1.82, 2.24) is 4.90 Å². The minimum Gasteiger partial charge on any atom is -0.454 e. The number of aliphatic imine (C=N–C) groups is 1. The third-order valence-electron chi connectivity index (χ3n) is 4.46. The lowest BCUT2D eigenvalue weighted by molar-refractivity contribution is -0.122. The molecule has 1 amide bonds. The zero-order valence-corrected chi connectivity index (χ0v) is 17.0. The smallest absolute Gasteiger partial charge is 0.266 e. The number of rotatable bonds is 4. The molecule has 0 saturated carbocycles. The van der Waals surface area contributed by atoms with Crippen molar-refractivity contribution < 1.29 is 14.3 Å². The van der Waals surface area contributed by atoms with Gasteiger partial charge in [0.15, 0.2) is 16.7 Å². The molecule has 1 fully saturated rings. The molecule has 0 radical (unpaired) electrons. The van der Waals surface area contributed by atoms with Gasteiger partial charge in [-0.1, -0.05) is 32.0 Å². The molecule has 28 heavy (non-hydrogen) atoms. The molecular weight excluding hydrogens is 372 g/mol. The number of hydrogen-bond acceptors (Lipinski definition) is 5. The number of fused-ring (bicyclic) bond motifs is 1. The Hall–Kier alpha value is -2.73. The number of amidine groups is 1. The van der Waals surface area contributed by atoms with Crippen molar-refractivity contribution >= 4 is 34.6 Å². The summed E-state index contributed by atoms with van der Waals surface area (Å²) in [6.07, 6.45) is 1.92. The van der Waals surface area contributed by atoms with Crippen molar-refractivity contribution in [2.24, 2.45) is 10.9 Å². The van der Waals surface area contributed by atoms with E-state index >= 15 is 0 Å².